The topological polar surface area (TPSA) is 81.1 Å². The minimum absolute atomic E-state index is 0.114. The van der Waals surface area contributed by atoms with Gasteiger partial charge in [0.25, 0.3) is 0 Å². The minimum Gasteiger partial charge on any atom is -0.480 e. The summed E-state index contributed by atoms with van der Waals surface area (Å²) in [6.07, 6.45) is 0.269. The molecule has 2 N–H and O–H groups in total. The molecular weight excluding hydrogens is 280 g/mol. The van der Waals surface area contributed by atoms with Crippen molar-refractivity contribution in [2.75, 3.05) is 25.4 Å². The summed E-state index contributed by atoms with van der Waals surface area (Å²) >= 11 is 1.83. The van der Waals surface area contributed by atoms with E-state index in [0.29, 0.717) is 13.1 Å². The number of amides is 2. The lowest BCUT2D eigenvalue weighted by Gasteiger charge is -2.29. The third-order valence-corrected chi connectivity index (χ3v) is 5.29. The molecule has 2 heterocycles. The summed E-state index contributed by atoms with van der Waals surface area (Å²) in [5.74, 6) is -0.188. The van der Waals surface area contributed by atoms with Gasteiger partial charge in [-0.2, -0.15) is 11.8 Å². The molecule has 2 fully saturated rings. The van der Waals surface area contributed by atoms with E-state index in [1.165, 1.54) is 4.90 Å². The number of β-amino-alcohol motifs (C(OH)–C–C–N with tert-alkyl or cyclic N) is 1. The van der Waals surface area contributed by atoms with E-state index in [4.69, 9.17) is 5.11 Å². The molecule has 2 rings (SSSR count). The molecule has 0 aromatic heterocycles. The van der Waals surface area contributed by atoms with E-state index < -0.39 is 18.1 Å². The van der Waals surface area contributed by atoms with E-state index in [2.05, 4.69) is 13.8 Å². The number of hydrogen-bond acceptors (Lipinski definition) is 4. The van der Waals surface area contributed by atoms with Crippen LogP contribution in [0.1, 0.15) is 26.7 Å². The first kappa shape index (κ1) is 15.4. The van der Waals surface area contributed by atoms with Crippen molar-refractivity contribution in [3.05, 3.63) is 0 Å². The van der Waals surface area contributed by atoms with Crippen molar-refractivity contribution in [2.45, 2.75) is 43.6 Å². The number of carbonyl (C=O) groups excluding carboxylic acids is 1. The van der Waals surface area contributed by atoms with E-state index in [1.54, 1.807) is 4.90 Å². The lowest BCUT2D eigenvalue weighted by molar-refractivity contribution is -0.141. The summed E-state index contributed by atoms with van der Waals surface area (Å²) < 4.78 is 0.145. The van der Waals surface area contributed by atoms with Crippen molar-refractivity contribution in [3.63, 3.8) is 0 Å². The largest absolute Gasteiger partial charge is 0.480 e. The second kappa shape index (κ2) is 5.81. The van der Waals surface area contributed by atoms with Crippen molar-refractivity contribution in [1.29, 1.82) is 0 Å². The number of carboxylic acids is 1. The number of aliphatic carboxylic acids is 1. The Balaban J connectivity index is 2.05. The van der Waals surface area contributed by atoms with Crippen LogP contribution >= 0.6 is 11.8 Å². The van der Waals surface area contributed by atoms with Crippen LogP contribution in [0, 0.1) is 0 Å². The summed E-state index contributed by atoms with van der Waals surface area (Å²) in [7, 11) is 0. The Morgan fingerprint density at radius 1 is 1.30 bits per heavy atom. The zero-order chi connectivity index (χ0) is 14.9. The number of thioether (sulfide) groups is 1. The second-order valence-electron chi connectivity index (χ2n) is 6.02. The first-order chi connectivity index (χ1) is 9.30. The van der Waals surface area contributed by atoms with Gasteiger partial charge in [-0.3, -0.25) is 0 Å². The number of carbonyl (C=O) groups is 2. The summed E-state index contributed by atoms with van der Waals surface area (Å²) in [6.45, 7) is 5.70. The number of likely N-dealkylation sites (tertiary alicyclic amines) is 1. The molecule has 0 spiro atoms. The number of aliphatic hydroxyl groups is 1. The average molecular weight is 302 g/mol. The monoisotopic (exact) mass is 302 g/mol. The number of carboxylic acid groups (broad SMARTS) is 1. The minimum atomic E-state index is -1.04. The number of rotatable bonds is 1. The third-order valence-electron chi connectivity index (χ3n) is 3.92. The van der Waals surface area contributed by atoms with Crippen molar-refractivity contribution < 1.29 is 19.8 Å². The number of hydrogen-bond donors (Lipinski definition) is 2. The van der Waals surface area contributed by atoms with Crippen LogP contribution in [-0.2, 0) is 4.79 Å². The molecule has 2 aliphatic rings. The van der Waals surface area contributed by atoms with Gasteiger partial charge in [-0.15, -0.1) is 0 Å². The highest BCUT2D eigenvalue weighted by molar-refractivity contribution is 8.00. The van der Waals surface area contributed by atoms with E-state index in [1.807, 2.05) is 11.8 Å². The molecule has 7 heteroatoms. The molecular formula is C13H22N2O4S. The molecule has 2 atom stereocenters. The van der Waals surface area contributed by atoms with Crippen LogP contribution < -0.4 is 0 Å². The van der Waals surface area contributed by atoms with Crippen molar-refractivity contribution >= 4 is 23.8 Å². The quantitative estimate of drug-likeness (QED) is 0.750. The van der Waals surface area contributed by atoms with Crippen molar-refractivity contribution in [3.8, 4) is 0 Å². The van der Waals surface area contributed by atoms with Gasteiger partial charge in [-0.05, 0) is 6.42 Å². The molecule has 0 saturated carbocycles. The number of nitrogens with zero attached hydrogens (tertiary/aromatic N) is 2. The Morgan fingerprint density at radius 3 is 2.65 bits per heavy atom. The lowest BCUT2D eigenvalue weighted by Crippen LogP contribution is -2.49. The van der Waals surface area contributed by atoms with Crippen LogP contribution in [0.2, 0.25) is 0 Å². The lowest BCUT2D eigenvalue weighted by atomic mass is 10.1. The van der Waals surface area contributed by atoms with E-state index in [9.17, 15) is 14.7 Å². The zero-order valence-electron chi connectivity index (χ0n) is 11.9. The van der Waals surface area contributed by atoms with E-state index >= 15 is 0 Å². The maximum Gasteiger partial charge on any atom is 0.326 e. The normalized spacial score (nSPS) is 30.1. The van der Waals surface area contributed by atoms with E-state index in [0.717, 1.165) is 12.2 Å². The molecule has 2 aliphatic heterocycles. The Kier molecular flexibility index (Phi) is 4.49. The molecule has 2 amide bonds. The van der Waals surface area contributed by atoms with Crippen molar-refractivity contribution in [1.82, 2.24) is 9.80 Å². The van der Waals surface area contributed by atoms with Gasteiger partial charge in [0.05, 0.1) is 6.10 Å². The van der Waals surface area contributed by atoms with E-state index in [-0.39, 0.29) is 23.7 Å². The van der Waals surface area contributed by atoms with Crippen molar-refractivity contribution in [2.24, 2.45) is 0 Å². The standard InChI is InChI=1S/C13H22N2O4S/c1-13(2)3-4-14(5-6-20-13)12(19)15-8-9(16)7-10(15)11(17)18/h9-10,16H,3-8H2,1-2H3,(H,17,18)/t9?,10-/m0/s1. The highest BCUT2D eigenvalue weighted by atomic mass is 32.2. The maximum absolute atomic E-state index is 12.5. The fraction of sp³-hybridized carbons (Fsp3) is 0.846. The molecule has 0 radical (unpaired) electrons. The predicted octanol–water partition coefficient (Wildman–Crippen LogP) is 0.844. The van der Waals surface area contributed by atoms with Gasteiger partial charge in [-0.1, -0.05) is 13.8 Å². The molecule has 0 aliphatic carbocycles. The highest BCUT2D eigenvalue weighted by Crippen LogP contribution is 2.31. The highest BCUT2D eigenvalue weighted by Gasteiger charge is 2.41. The molecule has 114 valence electrons. The molecule has 0 aromatic carbocycles. The Labute approximate surface area is 123 Å². The predicted molar refractivity (Wildman–Crippen MR) is 76.9 cm³/mol. The van der Waals surface area contributed by atoms with Crippen LogP contribution in [0.15, 0.2) is 0 Å². The Hall–Kier alpha value is -0.950. The second-order valence-corrected chi connectivity index (χ2v) is 7.83. The summed E-state index contributed by atoms with van der Waals surface area (Å²) in [4.78, 5) is 26.7. The fourth-order valence-electron chi connectivity index (χ4n) is 2.65. The van der Waals surface area contributed by atoms with Gasteiger partial charge in [0, 0.05) is 36.6 Å². The molecule has 0 bridgehead atoms. The van der Waals surface area contributed by atoms with Gasteiger partial charge in [0.1, 0.15) is 6.04 Å². The summed E-state index contributed by atoms with van der Waals surface area (Å²) in [5, 5.41) is 18.8. The molecule has 2 saturated heterocycles. The smallest absolute Gasteiger partial charge is 0.326 e. The van der Waals surface area contributed by atoms with Crippen LogP contribution in [0.4, 0.5) is 4.79 Å². The van der Waals surface area contributed by atoms with Gasteiger partial charge in [0.2, 0.25) is 0 Å². The Morgan fingerprint density at radius 2 is 2.00 bits per heavy atom. The average Bonchev–Trinajstić information content (AvgIpc) is 2.65. The van der Waals surface area contributed by atoms with Crippen LogP contribution in [0.3, 0.4) is 0 Å². The number of urea groups is 1. The molecule has 20 heavy (non-hydrogen) atoms. The Bertz CT molecular complexity index is 402. The van der Waals surface area contributed by atoms with Gasteiger partial charge in [-0.25, -0.2) is 9.59 Å². The van der Waals surface area contributed by atoms with Gasteiger partial charge in [0.15, 0.2) is 0 Å². The summed E-state index contributed by atoms with van der Waals surface area (Å²) in [6, 6.07) is -1.16. The van der Waals surface area contributed by atoms with Crippen LogP contribution in [-0.4, -0.2) is 74.3 Å². The first-order valence-corrected chi connectivity index (χ1v) is 7.89. The molecule has 0 aromatic rings. The zero-order valence-corrected chi connectivity index (χ0v) is 12.7. The maximum atomic E-state index is 12.5. The van der Waals surface area contributed by atoms with Crippen LogP contribution in [0.25, 0.3) is 0 Å². The third kappa shape index (κ3) is 3.38. The first-order valence-electron chi connectivity index (χ1n) is 6.90. The molecule has 1 unspecified atom stereocenters. The summed E-state index contributed by atoms with van der Waals surface area (Å²) in [5.41, 5.74) is 0. The van der Waals surface area contributed by atoms with Gasteiger partial charge < -0.3 is 20.0 Å². The SMILES string of the molecule is CC1(C)CCN(C(=O)N2CC(O)C[C@H]2C(=O)O)CCS1. The van der Waals surface area contributed by atoms with Crippen LogP contribution in [0.5, 0.6) is 0 Å². The molecule has 6 nitrogen and oxygen atoms in total. The fourth-order valence-corrected chi connectivity index (χ4v) is 3.75. The van der Waals surface area contributed by atoms with Gasteiger partial charge >= 0.3 is 12.0 Å². The number of aliphatic hydroxyl groups excluding tert-OH is 1.